The van der Waals surface area contributed by atoms with Gasteiger partial charge in [0.05, 0.1) is 4.92 Å². The minimum absolute atomic E-state index is 0.0585. The number of hydrogen-bond donors (Lipinski definition) is 4. The van der Waals surface area contributed by atoms with E-state index in [0.29, 0.717) is 31.6 Å². The fraction of sp³-hybridized carbons (Fsp3) is 0.292. The predicted octanol–water partition coefficient (Wildman–Crippen LogP) is 4.01. The third-order valence-corrected chi connectivity index (χ3v) is 4.72. The van der Waals surface area contributed by atoms with Gasteiger partial charge in [0, 0.05) is 42.7 Å². The van der Waals surface area contributed by atoms with Crippen LogP contribution in [0.15, 0.2) is 60.2 Å². The molecule has 0 spiro atoms. The molecule has 188 valence electrons. The number of anilines is 2. The molecule has 11 heteroatoms. The second-order valence-electron chi connectivity index (χ2n) is 7.11. The van der Waals surface area contributed by atoms with Gasteiger partial charge < -0.3 is 15.3 Å². The van der Waals surface area contributed by atoms with Crippen LogP contribution in [0.3, 0.4) is 0 Å². The van der Waals surface area contributed by atoms with Crippen molar-refractivity contribution in [2.24, 2.45) is 0 Å². The van der Waals surface area contributed by atoms with Crippen molar-refractivity contribution in [2.75, 3.05) is 23.3 Å². The predicted molar refractivity (Wildman–Crippen MR) is 134 cm³/mol. The van der Waals surface area contributed by atoms with E-state index in [-0.39, 0.29) is 12.2 Å². The maximum atomic E-state index is 12.1. The van der Waals surface area contributed by atoms with Gasteiger partial charge in [-0.15, -0.1) is 0 Å². The molecule has 2 aromatic rings. The quantitative estimate of drug-likeness (QED) is 0.221. The molecule has 1 aliphatic heterocycles. The summed E-state index contributed by atoms with van der Waals surface area (Å²) in [6.07, 6.45) is 2.80. The number of nitro groups is 1. The van der Waals surface area contributed by atoms with Crippen molar-refractivity contribution in [1.82, 2.24) is 10.9 Å². The summed E-state index contributed by atoms with van der Waals surface area (Å²) in [4.78, 5) is 44.9. The number of rotatable bonds is 4. The van der Waals surface area contributed by atoms with E-state index in [4.69, 9.17) is 9.90 Å². The summed E-state index contributed by atoms with van der Waals surface area (Å²) in [5, 5.41) is 20.5. The van der Waals surface area contributed by atoms with Crippen LogP contribution in [0.1, 0.15) is 32.3 Å². The number of nitrogens with zero attached hydrogens (tertiary/aromatic N) is 2. The zero-order valence-electron chi connectivity index (χ0n) is 20.0. The summed E-state index contributed by atoms with van der Waals surface area (Å²) < 4.78 is 0. The highest BCUT2D eigenvalue weighted by Crippen LogP contribution is 2.25. The van der Waals surface area contributed by atoms with Crippen LogP contribution in [-0.4, -0.2) is 41.5 Å². The summed E-state index contributed by atoms with van der Waals surface area (Å²) in [5.74, 6) is -0.409. The highest BCUT2D eigenvalue weighted by molar-refractivity contribution is 5.93. The molecule has 1 aliphatic rings. The Kier molecular flexibility index (Phi) is 12.6. The van der Waals surface area contributed by atoms with Gasteiger partial charge in [-0.25, -0.2) is 10.2 Å². The molecular formula is C24H31N5O6. The fourth-order valence-corrected chi connectivity index (χ4v) is 3.22. The normalized spacial score (nSPS) is 12.0. The Morgan fingerprint density at radius 3 is 2.29 bits per heavy atom. The number of carbonyl (C=O) groups excluding carboxylic acids is 2. The maximum absolute atomic E-state index is 12.1. The number of non-ortho nitro benzene ring substituents is 1. The van der Waals surface area contributed by atoms with Gasteiger partial charge in [-0.1, -0.05) is 37.6 Å². The molecule has 1 saturated heterocycles. The molecule has 3 rings (SSSR count). The summed E-state index contributed by atoms with van der Waals surface area (Å²) in [5.41, 5.74) is 8.14. The number of amides is 3. The van der Waals surface area contributed by atoms with Crippen LogP contribution in [0, 0.1) is 17.0 Å². The molecule has 2 aromatic carbocycles. The Morgan fingerprint density at radius 1 is 1.06 bits per heavy atom. The smallest absolute Gasteiger partial charge is 0.337 e. The Balaban J connectivity index is 0.00000114. The highest BCUT2D eigenvalue weighted by atomic mass is 16.6. The second kappa shape index (κ2) is 15.4. The van der Waals surface area contributed by atoms with Gasteiger partial charge in [-0.3, -0.25) is 25.1 Å². The molecule has 0 aromatic heterocycles. The molecule has 0 bridgehead atoms. The Bertz CT molecular complexity index is 1030. The van der Waals surface area contributed by atoms with E-state index in [1.54, 1.807) is 18.2 Å². The monoisotopic (exact) mass is 485 g/mol. The van der Waals surface area contributed by atoms with Crippen LogP contribution in [0.5, 0.6) is 0 Å². The molecule has 11 nitrogen and oxygen atoms in total. The Hall–Kier alpha value is -4.41. The standard InChI is InChI=1S/C21H23N5O4.C2H6.CH2O2/c1-15-4-2-5-17(12-15)22-21(28)24-23-20(27)13-16-8-10-25(11-9-16)18-6-3-7-19(14-18)26(29)30;1-2;2-1-3/h2-7,12-14H,8-11H2,1H3,(H,23,27)(H2,22,24,28);1-2H3;1H,(H,2,3). The molecule has 1 heterocycles. The molecule has 0 radical (unpaired) electrons. The lowest BCUT2D eigenvalue weighted by Gasteiger charge is -2.30. The molecule has 0 aliphatic carbocycles. The molecule has 0 atom stereocenters. The zero-order chi connectivity index (χ0) is 26.2. The average molecular weight is 486 g/mol. The van der Waals surface area contributed by atoms with E-state index in [0.717, 1.165) is 16.8 Å². The van der Waals surface area contributed by atoms with Crippen LogP contribution in [0.2, 0.25) is 0 Å². The van der Waals surface area contributed by atoms with Crippen molar-refractivity contribution < 1.29 is 24.4 Å². The third-order valence-electron chi connectivity index (χ3n) is 4.72. The van der Waals surface area contributed by atoms with Crippen molar-refractivity contribution in [2.45, 2.75) is 33.6 Å². The number of hydrogen-bond acceptors (Lipinski definition) is 6. The first-order valence-electron chi connectivity index (χ1n) is 11.0. The highest BCUT2D eigenvalue weighted by Gasteiger charge is 2.17. The van der Waals surface area contributed by atoms with Gasteiger partial charge in [0.2, 0.25) is 0 Å². The summed E-state index contributed by atoms with van der Waals surface area (Å²) in [7, 11) is 0. The van der Waals surface area contributed by atoms with Gasteiger partial charge in [-0.2, -0.15) is 0 Å². The van der Waals surface area contributed by atoms with Crippen molar-refractivity contribution in [1.29, 1.82) is 0 Å². The molecule has 35 heavy (non-hydrogen) atoms. The van der Waals surface area contributed by atoms with Gasteiger partial charge >= 0.3 is 6.03 Å². The average Bonchev–Trinajstić information content (AvgIpc) is 2.85. The Labute approximate surface area is 203 Å². The molecule has 0 unspecified atom stereocenters. The second-order valence-corrected chi connectivity index (χ2v) is 7.11. The van der Waals surface area contributed by atoms with E-state index in [1.807, 2.05) is 45.0 Å². The molecule has 4 N–H and O–H groups in total. The fourth-order valence-electron chi connectivity index (χ4n) is 3.22. The summed E-state index contributed by atoms with van der Waals surface area (Å²) in [6, 6.07) is 13.3. The third kappa shape index (κ3) is 10.4. The number of aryl methyl sites for hydroxylation is 1. The minimum Gasteiger partial charge on any atom is -0.483 e. The van der Waals surface area contributed by atoms with Crippen LogP contribution in [0.4, 0.5) is 21.9 Å². The SMILES string of the molecule is CC.Cc1cccc(NC(=O)NNC(=O)C=C2CCN(c3cccc([N+](=O)[O-])c3)CC2)c1.O=CO. The summed E-state index contributed by atoms with van der Waals surface area (Å²) in [6.45, 7) is 6.98. The number of piperidine rings is 1. The van der Waals surface area contributed by atoms with E-state index in [2.05, 4.69) is 21.1 Å². The van der Waals surface area contributed by atoms with Gasteiger partial charge in [0.25, 0.3) is 18.1 Å². The number of benzene rings is 2. The van der Waals surface area contributed by atoms with Crippen LogP contribution >= 0.6 is 0 Å². The number of carboxylic acid groups (broad SMARTS) is 1. The number of hydrazine groups is 1. The number of carbonyl (C=O) groups is 3. The van der Waals surface area contributed by atoms with Gasteiger partial charge in [-0.05, 0) is 43.5 Å². The summed E-state index contributed by atoms with van der Waals surface area (Å²) >= 11 is 0. The first-order valence-corrected chi connectivity index (χ1v) is 11.0. The van der Waals surface area contributed by atoms with E-state index in [1.165, 1.54) is 12.1 Å². The topological polar surface area (TPSA) is 154 Å². The lowest BCUT2D eigenvalue weighted by molar-refractivity contribution is -0.384. The number of nitrogens with one attached hydrogen (secondary N) is 3. The lowest BCUT2D eigenvalue weighted by atomic mass is 10.0. The van der Waals surface area contributed by atoms with Crippen molar-refractivity contribution in [3.05, 3.63) is 75.9 Å². The first-order chi connectivity index (χ1) is 16.8. The van der Waals surface area contributed by atoms with Gasteiger partial charge in [0.15, 0.2) is 0 Å². The maximum Gasteiger partial charge on any atom is 0.337 e. The lowest BCUT2D eigenvalue weighted by Crippen LogP contribution is -2.43. The number of urea groups is 1. The molecule has 0 saturated carbocycles. The van der Waals surface area contributed by atoms with Crippen LogP contribution in [-0.2, 0) is 9.59 Å². The first kappa shape index (κ1) is 28.6. The molecule has 1 fully saturated rings. The van der Waals surface area contributed by atoms with Crippen molar-refractivity contribution >= 4 is 35.5 Å². The Morgan fingerprint density at radius 2 is 1.69 bits per heavy atom. The largest absolute Gasteiger partial charge is 0.483 e. The van der Waals surface area contributed by atoms with Gasteiger partial charge in [0.1, 0.15) is 0 Å². The van der Waals surface area contributed by atoms with Crippen molar-refractivity contribution in [3.63, 3.8) is 0 Å². The number of nitro benzene ring substituents is 1. The molecule has 3 amide bonds. The van der Waals surface area contributed by atoms with E-state index < -0.39 is 16.9 Å². The van der Waals surface area contributed by atoms with Crippen LogP contribution in [0.25, 0.3) is 0 Å². The molecular weight excluding hydrogens is 454 g/mol. The minimum atomic E-state index is -0.534. The van der Waals surface area contributed by atoms with E-state index >= 15 is 0 Å². The van der Waals surface area contributed by atoms with Crippen LogP contribution < -0.4 is 21.1 Å². The van der Waals surface area contributed by atoms with Crippen molar-refractivity contribution in [3.8, 4) is 0 Å². The zero-order valence-corrected chi connectivity index (χ0v) is 20.0. The van der Waals surface area contributed by atoms with E-state index in [9.17, 15) is 19.7 Å².